The monoisotopic (exact) mass is 315 g/mol. The molecule has 0 bridgehead atoms. The first kappa shape index (κ1) is 16.3. The molecule has 1 aromatic rings. The van der Waals surface area contributed by atoms with E-state index < -0.39 is 11.8 Å². The summed E-state index contributed by atoms with van der Waals surface area (Å²) in [5, 5.41) is 11.0. The van der Waals surface area contributed by atoms with E-state index in [1.54, 1.807) is 19.4 Å². The summed E-state index contributed by atoms with van der Waals surface area (Å²) in [5.41, 5.74) is -0.0874. The second-order valence-corrected chi connectivity index (χ2v) is 4.56. The Morgan fingerprint density at radius 1 is 1.65 bits per heavy atom. The van der Waals surface area contributed by atoms with Crippen LogP contribution in [0.25, 0.3) is 0 Å². The Morgan fingerprint density at radius 2 is 2.35 bits per heavy atom. The van der Waals surface area contributed by atoms with Crippen molar-refractivity contribution in [1.82, 2.24) is 5.32 Å². The second-order valence-electron chi connectivity index (χ2n) is 3.36. The molecule has 0 heterocycles. The first-order valence-corrected chi connectivity index (χ1v) is 7.07. The fourth-order valence-electron chi connectivity index (χ4n) is 1.27. The Balaban J connectivity index is 3.24. The predicted octanol–water partition coefficient (Wildman–Crippen LogP) is 3.08. The molecule has 0 aliphatic carbocycles. The van der Waals surface area contributed by atoms with Crippen LogP contribution in [-0.4, -0.2) is 24.0 Å². The van der Waals surface area contributed by atoms with Gasteiger partial charge in [0.25, 0.3) is 0 Å². The van der Waals surface area contributed by atoms with Crippen molar-refractivity contribution >= 4 is 40.2 Å². The van der Waals surface area contributed by atoms with E-state index in [-0.39, 0.29) is 28.0 Å². The van der Waals surface area contributed by atoms with Gasteiger partial charge in [-0.15, -0.1) is 0 Å². The highest BCUT2D eigenvalue weighted by Crippen LogP contribution is 2.27. The van der Waals surface area contributed by atoms with Gasteiger partial charge in [-0.2, -0.15) is 5.26 Å². The average Bonchev–Trinajstić information content (AvgIpc) is 2.41. The van der Waals surface area contributed by atoms with Crippen molar-refractivity contribution < 1.29 is 13.9 Å². The van der Waals surface area contributed by atoms with Crippen molar-refractivity contribution in [3.05, 3.63) is 28.5 Å². The number of rotatable bonds is 3. The molecule has 0 aliphatic rings. The number of esters is 1. The minimum Gasteiger partial charge on any atom is -0.462 e. The molecule has 0 fully saturated rings. The average molecular weight is 316 g/mol. The normalized spacial score (nSPS) is 10.8. The van der Waals surface area contributed by atoms with E-state index in [1.807, 2.05) is 0 Å². The third-order valence-corrected chi connectivity index (χ3v) is 3.00. The van der Waals surface area contributed by atoms with Crippen molar-refractivity contribution in [3.8, 4) is 6.19 Å². The quantitative estimate of drug-likeness (QED) is 0.305. The molecule has 0 spiro atoms. The zero-order valence-electron chi connectivity index (χ0n) is 10.7. The first-order valence-electron chi connectivity index (χ1n) is 5.47. The standard InChI is InChI=1S/C12H11ClFN3O2S/c1-3-19-11(18)7-4-10(9(14)5-8(7)13)17-12(20-2)16-6-15/h4-5H,3H2,1-2H3,(H,16,17). The summed E-state index contributed by atoms with van der Waals surface area (Å²) in [4.78, 5) is 15.6. The van der Waals surface area contributed by atoms with Gasteiger partial charge in [-0.1, -0.05) is 23.4 Å². The van der Waals surface area contributed by atoms with E-state index in [0.717, 1.165) is 17.8 Å². The minimum absolute atomic E-state index is 0.0195. The van der Waals surface area contributed by atoms with Crippen LogP contribution in [0.5, 0.6) is 0 Å². The van der Waals surface area contributed by atoms with E-state index in [0.29, 0.717) is 0 Å². The van der Waals surface area contributed by atoms with E-state index in [2.05, 4.69) is 10.3 Å². The summed E-state index contributed by atoms with van der Waals surface area (Å²) in [6.07, 6.45) is 3.36. The number of ether oxygens (including phenoxy) is 1. The molecule has 0 radical (unpaired) electrons. The molecule has 0 aliphatic heterocycles. The lowest BCUT2D eigenvalue weighted by Crippen LogP contribution is -2.12. The summed E-state index contributed by atoms with van der Waals surface area (Å²) in [6, 6.07) is 2.17. The smallest absolute Gasteiger partial charge is 0.339 e. The molecule has 0 amide bonds. The lowest BCUT2D eigenvalue weighted by atomic mass is 10.2. The van der Waals surface area contributed by atoms with E-state index in [4.69, 9.17) is 21.6 Å². The second kappa shape index (κ2) is 7.72. The number of aliphatic imine (C=N–C) groups is 1. The summed E-state index contributed by atoms with van der Waals surface area (Å²) in [5.74, 6) is -1.36. The molecule has 0 saturated heterocycles. The van der Waals surface area contributed by atoms with Crippen LogP contribution in [0, 0.1) is 17.3 Å². The first-order chi connectivity index (χ1) is 9.53. The summed E-state index contributed by atoms with van der Waals surface area (Å²) >= 11 is 6.93. The molecule has 5 nitrogen and oxygen atoms in total. The van der Waals surface area contributed by atoms with Crippen molar-refractivity contribution in [2.45, 2.75) is 6.92 Å². The number of nitrogens with one attached hydrogen (secondary N) is 1. The summed E-state index contributed by atoms with van der Waals surface area (Å²) in [7, 11) is 0. The van der Waals surface area contributed by atoms with Crippen LogP contribution in [0.2, 0.25) is 5.02 Å². The lowest BCUT2D eigenvalue weighted by molar-refractivity contribution is 0.0526. The Kier molecular flexibility index (Phi) is 6.28. The Bertz CT molecular complexity index is 587. The Hall–Kier alpha value is -1.78. The van der Waals surface area contributed by atoms with Crippen molar-refractivity contribution in [2.75, 3.05) is 12.9 Å². The van der Waals surface area contributed by atoms with Crippen LogP contribution >= 0.6 is 23.4 Å². The van der Waals surface area contributed by atoms with Crippen LogP contribution in [0.15, 0.2) is 17.1 Å². The number of benzene rings is 1. The number of nitrogens with zero attached hydrogens (tertiary/aromatic N) is 2. The van der Waals surface area contributed by atoms with E-state index in [1.165, 1.54) is 6.07 Å². The van der Waals surface area contributed by atoms with Gasteiger partial charge in [0.15, 0.2) is 11.4 Å². The zero-order valence-corrected chi connectivity index (χ0v) is 12.3. The molecule has 0 unspecified atom stereocenters. The number of amidine groups is 1. The summed E-state index contributed by atoms with van der Waals surface area (Å²) in [6.45, 7) is 1.83. The van der Waals surface area contributed by atoms with E-state index >= 15 is 0 Å². The Labute approximate surface area is 124 Å². The van der Waals surface area contributed by atoms with Gasteiger partial charge in [-0.25, -0.2) is 14.2 Å². The van der Waals surface area contributed by atoms with Crippen LogP contribution in [0.4, 0.5) is 10.1 Å². The molecule has 1 N–H and O–H groups in total. The summed E-state index contributed by atoms with van der Waals surface area (Å²) < 4.78 is 18.6. The highest BCUT2D eigenvalue weighted by atomic mass is 35.5. The highest BCUT2D eigenvalue weighted by molar-refractivity contribution is 8.13. The van der Waals surface area contributed by atoms with Gasteiger partial charge in [-0.05, 0) is 25.3 Å². The predicted molar refractivity (Wildman–Crippen MR) is 76.7 cm³/mol. The lowest BCUT2D eigenvalue weighted by Gasteiger charge is -2.07. The third kappa shape index (κ3) is 4.11. The van der Waals surface area contributed by atoms with Crippen molar-refractivity contribution in [1.29, 1.82) is 5.26 Å². The number of nitriles is 1. The van der Waals surface area contributed by atoms with E-state index in [9.17, 15) is 9.18 Å². The molecule has 0 aromatic heterocycles. The zero-order chi connectivity index (χ0) is 15.1. The van der Waals surface area contributed by atoms with Gasteiger partial charge < -0.3 is 4.74 Å². The molecule has 1 rings (SSSR count). The van der Waals surface area contributed by atoms with Gasteiger partial charge in [-0.3, -0.25) is 5.32 Å². The molecular weight excluding hydrogens is 305 g/mol. The molecular formula is C12H11ClFN3O2S. The minimum atomic E-state index is -0.700. The van der Waals surface area contributed by atoms with Gasteiger partial charge in [0, 0.05) is 0 Å². The maximum Gasteiger partial charge on any atom is 0.339 e. The van der Waals surface area contributed by atoms with Gasteiger partial charge in [0.05, 0.1) is 17.2 Å². The Morgan fingerprint density at radius 3 is 2.90 bits per heavy atom. The number of carbonyl (C=O) groups excluding carboxylic acids is 1. The highest BCUT2D eigenvalue weighted by Gasteiger charge is 2.16. The fraction of sp³-hybridized carbons (Fsp3) is 0.250. The van der Waals surface area contributed by atoms with Crippen LogP contribution in [0.3, 0.4) is 0 Å². The number of halogens is 2. The van der Waals surface area contributed by atoms with Gasteiger partial charge in [0.2, 0.25) is 0 Å². The molecule has 8 heteroatoms. The van der Waals surface area contributed by atoms with Gasteiger partial charge in [0.1, 0.15) is 11.5 Å². The topological polar surface area (TPSA) is 74.5 Å². The molecule has 106 valence electrons. The van der Waals surface area contributed by atoms with Crippen LogP contribution < -0.4 is 5.32 Å². The van der Waals surface area contributed by atoms with Gasteiger partial charge >= 0.3 is 5.97 Å². The maximum atomic E-state index is 13.8. The van der Waals surface area contributed by atoms with Crippen LogP contribution in [0.1, 0.15) is 17.3 Å². The molecule has 0 saturated carbocycles. The van der Waals surface area contributed by atoms with Crippen LogP contribution in [-0.2, 0) is 4.74 Å². The number of hydrogen-bond donors (Lipinski definition) is 1. The van der Waals surface area contributed by atoms with Crippen molar-refractivity contribution in [3.63, 3.8) is 0 Å². The van der Waals surface area contributed by atoms with Crippen molar-refractivity contribution in [2.24, 2.45) is 4.99 Å². The molecule has 1 aromatic carbocycles. The SMILES string of the molecule is CCOC(=O)c1cc(N=C(NC#N)SC)c(F)cc1Cl. The largest absolute Gasteiger partial charge is 0.462 e. The number of hydrogen-bond acceptors (Lipinski definition) is 5. The molecule has 0 atom stereocenters. The number of thioether (sulfide) groups is 1. The third-order valence-electron chi connectivity index (χ3n) is 2.11. The fourth-order valence-corrected chi connectivity index (χ4v) is 1.84. The molecule has 20 heavy (non-hydrogen) atoms. The maximum absolute atomic E-state index is 13.8. The number of carbonyl (C=O) groups is 1.